The molecule has 0 unspecified atom stereocenters. The molecule has 5 heteroatoms. The number of ether oxygens (including phenoxy) is 1. The molecular weight excluding hydrogens is 242 g/mol. The minimum atomic E-state index is -0.215. The first-order valence-corrected chi connectivity index (χ1v) is 5.90. The lowest BCUT2D eigenvalue weighted by Crippen LogP contribution is -2.24. The fraction of sp³-hybridized carbons (Fsp3) is 0.214. The van der Waals surface area contributed by atoms with Gasteiger partial charge in [0.15, 0.2) is 0 Å². The lowest BCUT2D eigenvalue weighted by molar-refractivity contribution is 0.0945. The summed E-state index contributed by atoms with van der Waals surface area (Å²) >= 11 is 0. The van der Waals surface area contributed by atoms with Gasteiger partial charge in [-0.2, -0.15) is 0 Å². The third kappa shape index (κ3) is 3.51. The van der Waals surface area contributed by atoms with Gasteiger partial charge in [-0.15, -0.1) is 0 Å². The van der Waals surface area contributed by atoms with Gasteiger partial charge in [0.25, 0.3) is 5.91 Å². The van der Waals surface area contributed by atoms with Gasteiger partial charge < -0.3 is 10.1 Å². The van der Waals surface area contributed by atoms with E-state index in [0.717, 1.165) is 11.3 Å². The van der Waals surface area contributed by atoms with Crippen molar-refractivity contribution in [3.8, 4) is 5.75 Å². The maximum absolute atomic E-state index is 11.9. The molecule has 1 aromatic heterocycles. The molecule has 19 heavy (non-hydrogen) atoms. The summed E-state index contributed by atoms with van der Waals surface area (Å²) in [5.74, 6) is 1.13. The molecule has 2 rings (SSSR count). The second kappa shape index (κ2) is 5.95. The molecule has 98 valence electrons. The summed E-state index contributed by atoms with van der Waals surface area (Å²) < 4.78 is 5.13. The highest BCUT2D eigenvalue weighted by molar-refractivity contribution is 5.92. The highest BCUT2D eigenvalue weighted by Crippen LogP contribution is 2.12. The SMILES string of the molecule is COc1cccc(CNC(=O)c2ccnc(C)n2)c1. The number of amides is 1. The summed E-state index contributed by atoms with van der Waals surface area (Å²) in [6.07, 6.45) is 1.57. The van der Waals surface area contributed by atoms with Crippen LogP contribution in [0.25, 0.3) is 0 Å². The number of aryl methyl sites for hydroxylation is 1. The molecule has 1 amide bonds. The Morgan fingerprint density at radius 1 is 1.37 bits per heavy atom. The number of methoxy groups -OCH3 is 1. The normalized spacial score (nSPS) is 10.0. The van der Waals surface area contributed by atoms with E-state index in [4.69, 9.17) is 4.74 Å². The summed E-state index contributed by atoms with van der Waals surface area (Å²) in [4.78, 5) is 19.9. The van der Waals surface area contributed by atoms with Crippen LogP contribution in [-0.4, -0.2) is 23.0 Å². The van der Waals surface area contributed by atoms with Crippen LogP contribution < -0.4 is 10.1 Å². The Labute approximate surface area is 111 Å². The molecule has 0 aliphatic rings. The fourth-order valence-corrected chi connectivity index (χ4v) is 1.64. The molecule has 0 spiro atoms. The highest BCUT2D eigenvalue weighted by atomic mass is 16.5. The second-order valence-corrected chi connectivity index (χ2v) is 4.02. The van der Waals surface area contributed by atoms with E-state index in [9.17, 15) is 4.79 Å². The molecule has 1 heterocycles. The van der Waals surface area contributed by atoms with E-state index in [1.54, 1.807) is 26.3 Å². The quantitative estimate of drug-likeness (QED) is 0.905. The Morgan fingerprint density at radius 2 is 2.21 bits per heavy atom. The van der Waals surface area contributed by atoms with Crippen LogP contribution in [0.5, 0.6) is 5.75 Å². The van der Waals surface area contributed by atoms with E-state index in [0.29, 0.717) is 18.1 Å². The van der Waals surface area contributed by atoms with E-state index in [1.807, 2.05) is 24.3 Å². The molecule has 1 aromatic carbocycles. The van der Waals surface area contributed by atoms with E-state index < -0.39 is 0 Å². The molecule has 1 N–H and O–H groups in total. The van der Waals surface area contributed by atoms with E-state index in [1.165, 1.54) is 0 Å². The van der Waals surface area contributed by atoms with Crippen LogP contribution in [0.4, 0.5) is 0 Å². The number of aromatic nitrogens is 2. The number of carbonyl (C=O) groups excluding carboxylic acids is 1. The van der Waals surface area contributed by atoms with Crippen LogP contribution in [0.2, 0.25) is 0 Å². The standard InChI is InChI=1S/C14H15N3O2/c1-10-15-7-6-13(17-10)14(18)16-9-11-4-3-5-12(8-11)19-2/h3-8H,9H2,1-2H3,(H,16,18). The van der Waals surface area contributed by atoms with Gasteiger partial charge in [0.05, 0.1) is 7.11 Å². The van der Waals surface area contributed by atoms with Crippen molar-refractivity contribution in [1.82, 2.24) is 15.3 Å². The van der Waals surface area contributed by atoms with Gasteiger partial charge in [-0.25, -0.2) is 9.97 Å². The zero-order valence-corrected chi connectivity index (χ0v) is 10.9. The number of hydrogen-bond donors (Lipinski definition) is 1. The average molecular weight is 257 g/mol. The molecule has 0 fully saturated rings. The lowest BCUT2D eigenvalue weighted by atomic mass is 10.2. The van der Waals surface area contributed by atoms with Gasteiger partial charge in [-0.3, -0.25) is 4.79 Å². The smallest absolute Gasteiger partial charge is 0.270 e. The van der Waals surface area contributed by atoms with Crippen LogP contribution in [-0.2, 0) is 6.54 Å². The number of hydrogen-bond acceptors (Lipinski definition) is 4. The van der Waals surface area contributed by atoms with Gasteiger partial charge in [0, 0.05) is 12.7 Å². The van der Waals surface area contributed by atoms with Gasteiger partial charge in [0.2, 0.25) is 0 Å². The van der Waals surface area contributed by atoms with Crippen molar-refractivity contribution >= 4 is 5.91 Å². The first-order chi connectivity index (χ1) is 9.19. The Balaban J connectivity index is 2.00. The van der Waals surface area contributed by atoms with Crippen LogP contribution in [0, 0.1) is 6.92 Å². The van der Waals surface area contributed by atoms with Gasteiger partial charge in [0.1, 0.15) is 17.3 Å². The topological polar surface area (TPSA) is 64.1 Å². The monoisotopic (exact) mass is 257 g/mol. The summed E-state index contributed by atoms with van der Waals surface area (Å²) in [6, 6.07) is 9.14. The average Bonchev–Trinajstić information content (AvgIpc) is 2.45. The number of benzene rings is 1. The van der Waals surface area contributed by atoms with Crippen molar-refractivity contribution in [2.75, 3.05) is 7.11 Å². The molecule has 5 nitrogen and oxygen atoms in total. The van der Waals surface area contributed by atoms with Crippen LogP contribution in [0.1, 0.15) is 21.9 Å². The van der Waals surface area contributed by atoms with Crippen molar-refractivity contribution in [3.63, 3.8) is 0 Å². The van der Waals surface area contributed by atoms with E-state index in [2.05, 4.69) is 15.3 Å². The third-order valence-corrected chi connectivity index (χ3v) is 2.60. The van der Waals surface area contributed by atoms with Crippen molar-refractivity contribution in [2.24, 2.45) is 0 Å². The molecule has 0 saturated carbocycles. The van der Waals surface area contributed by atoms with Crippen LogP contribution >= 0.6 is 0 Å². The van der Waals surface area contributed by atoms with E-state index in [-0.39, 0.29) is 5.91 Å². The summed E-state index contributed by atoms with van der Waals surface area (Å²) in [5, 5.41) is 2.81. The first kappa shape index (κ1) is 13.0. The summed E-state index contributed by atoms with van der Waals surface area (Å²) in [5.41, 5.74) is 1.34. The van der Waals surface area contributed by atoms with Crippen molar-refractivity contribution < 1.29 is 9.53 Å². The molecule has 2 aromatic rings. The minimum Gasteiger partial charge on any atom is -0.497 e. The molecule has 0 atom stereocenters. The predicted octanol–water partition coefficient (Wildman–Crippen LogP) is 1.72. The molecular formula is C14H15N3O2. The summed E-state index contributed by atoms with van der Waals surface area (Å²) in [7, 11) is 1.61. The van der Waals surface area contributed by atoms with Crippen molar-refractivity contribution in [2.45, 2.75) is 13.5 Å². The minimum absolute atomic E-state index is 0.215. The van der Waals surface area contributed by atoms with E-state index >= 15 is 0 Å². The maximum atomic E-state index is 11.9. The molecule has 0 radical (unpaired) electrons. The Hall–Kier alpha value is -2.43. The maximum Gasteiger partial charge on any atom is 0.270 e. The van der Waals surface area contributed by atoms with Crippen molar-refractivity contribution in [1.29, 1.82) is 0 Å². The lowest BCUT2D eigenvalue weighted by Gasteiger charge is -2.06. The van der Waals surface area contributed by atoms with Crippen LogP contribution in [0.15, 0.2) is 36.5 Å². The zero-order valence-electron chi connectivity index (χ0n) is 10.9. The third-order valence-electron chi connectivity index (χ3n) is 2.60. The Bertz CT molecular complexity index is 584. The number of carbonyl (C=O) groups is 1. The predicted molar refractivity (Wildman–Crippen MR) is 70.9 cm³/mol. The molecule has 0 aliphatic carbocycles. The van der Waals surface area contributed by atoms with Gasteiger partial charge in [-0.05, 0) is 30.7 Å². The number of rotatable bonds is 4. The highest BCUT2D eigenvalue weighted by Gasteiger charge is 2.07. The largest absolute Gasteiger partial charge is 0.497 e. The fourth-order valence-electron chi connectivity index (χ4n) is 1.64. The van der Waals surface area contributed by atoms with Gasteiger partial charge in [-0.1, -0.05) is 12.1 Å². The van der Waals surface area contributed by atoms with Crippen LogP contribution in [0.3, 0.4) is 0 Å². The number of nitrogens with one attached hydrogen (secondary N) is 1. The number of nitrogens with zero attached hydrogens (tertiary/aromatic N) is 2. The Kier molecular flexibility index (Phi) is 4.07. The first-order valence-electron chi connectivity index (χ1n) is 5.90. The Morgan fingerprint density at radius 3 is 2.95 bits per heavy atom. The van der Waals surface area contributed by atoms with Crippen molar-refractivity contribution in [3.05, 3.63) is 53.6 Å². The summed E-state index contributed by atoms with van der Waals surface area (Å²) in [6.45, 7) is 2.18. The molecule has 0 aliphatic heterocycles. The molecule has 0 saturated heterocycles. The van der Waals surface area contributed by atoms with Gasteiger partial charge >= 0.3 is 0 Å². The molecule has 0 bridgehead atoms. The second-order valence-electron chi connectivity index (χ2n) is 4.02. The zero-order chi connectivity index (χ0) is 13.7.